The molecule has 0 aliphatic carbocycles. The van der Waals surface area contributed by atoms with Crippen molar-refractivity contribution in [2.75, 3.05) is 0 Å². The molecule has 2 unspecified atom stereocenters. The number of rotatable bonds is 5. The monoisotopic (exact) mass is 420 g/mol. The zero-order valence-electron chi connectivity index (χ0n) is 14.2. The Labute approximate surface area is 166 Å². The van der Waals surface area contributed by atoms with Gasteiger partial charge in [0, 0.05) is 10.8 Å². The standard InChI is InChI=1S/C16H19Cl3N4O3/c1-9-13(24-8-11-6-4-3-5-7-11)12(22-23-21)10(2)25-14(9)26-15(20)16(17,18)19/h3-7,9-10,12-14,20H,8H2,1-2H3/t9-,10?,12+,13-,14?/m1/s1. The van der Waals surface area contributed by atoms with Gasteiger partial charge in [0.1, 0.15) is 0 Å². The van der Waals surface area contributed by atoms with Crippen LogP contribution in [0.3, 0.4) is 0 Å². The number of hydrogen-bond donors (Lipinski definition) is 1. The van der Waals surface area contributed by atoms with E-state index in [0.29, 0.717) is 6.61 Å². The van der Waals surface area contributed by atoms with Crippen LogP contribution in [0.4, 0.5) is 0 Å². The summed E-state index contributed by atoms with van der Waals surface area (Å²) in [5, 5.41) is 11.6. The van der Waals surface area contributed by atoms with E-state index < -0.39 is 34.2 Å². The van der Waals surface area contributed by atoms with Crippen LogP contribution in [0, 0.1) is 11.3 Å². The van der Waals surface area contributed by atoms with Crippen molar-refractivity contribution in [3.05, 3.63) is 46.3 Å². The maximum Gasteiger partial charge on any atom is 0.265 e. The molecule has 7 nitrogen and oxygen atoms in total. The maximum atomic E-state index is 8.87. The summed E-state index contributed by atoms with van der Waals surface area (Å²) >= 11 is 17.0. The molecule has 0 bridgehead atoms. The smallest absolute Gasteiger partial charge is 0.265 e. The topological polar surface area (TPSA) is 100 Å². The van der Waals surface area contributed by atoms with E-state index in [9.17, 15) is 0 Å². The first-order chi connectivity index (χ1) is 12.2. The first-order valence-corrected chi connectivity index (χ1v) is 9.05. The van der Waals surface area contributed by atoms with Gasteiger partial charge in [0.05, 0.1) is 24.9 Å². The third-order valence-corrected chi connectivity index (χ3v) is 4.59. The number of benzene rings is 1. The van der Waals surface area contributed by atoms with Crippen molar-refractivity contribution in [3.63, 3.8) is 0 Å². The van der Waals surface area contributed by atoms with Crippen LogP contribution >= 0.6 is 34.8 Å². The Morgan fingerprint density at radius 1 is 1.31 bits per heavy atom. The van der Waals surface area contributed by atoms with Crippen LogP contribution in [0.25, 0.3) is 10.4 Å². The van der Waals surface area contributed by atoms with E-state index in [2.05, 4.69) is 10.0 Å². The van der Waals surface area contributed by atoms with Crippen LogP contribution < -0.4 is 0 Å². The molecule has 1 aliphatic heterocycles. The third kappa shape index (κ3) is 5.39. The van der Waals surface area contributed by atoms with Crippen LogP contribution in [-0.2, 0) is 20.8 Å². The maximum absolute atomic E-state index is 8.87. The normalized spacial score (nSPS) is 28.9. The average molecular weight is 422 g/mol. The molecule has 1 aromatic carbocycles. The minimum Gasteiger partial charge on any atom is -0.448 e. The Morgan fingerprint density at radius 2 is 1.96 bits per heavy atom. The first kappa shape index (κ1) is 21.1. The van der Waals surface area contributed by atoms with E-state index in [-0.39, 0.29) is 5.92 Å². The molecule has 0 radical (unpaired) electrons. The van der Waals surface area contributed by atoms with Gasteiger partial charge in [-0.3, -0.25) is 5.41 Å². The molecule has 1 aliphatic rings. The van der Waals surface area contributed by atoms with Crippen LogP contribution in [0.5, 0.6) is 0 Å². The fourth-order valence-corrected chi connectivity index (χ4v) is 2.84. The summed E-state index contributed by atoms with van der Waals surface area (Å²) in [6.07, 6.45) is -1.88. The molecule has 1 heterocycles. The highest BCUT2D eigenvalue weighted by Crippen LogP contribution is 2.34. The highest BCUT2D eigenvalue weighted by molar-refractivity contribution is 6.76. The van der Waals surface area contributed by atoms with E-state index in [1.807, 2.05) is 30.3 Å². The number of nitrogens with one attached hydrogen (secondary N) is 1. The number of alkyl halides is 3. The van der Waals surface area contributed by atoms with Gasteiger partial charge in [-0.05, 0) is 18.0 Å². The molecule has 26 heavy (non-hydrogen) atoms. The summed E-state index contributed by atoms with van der Waals surface area (Å²) in [6, 6.07) is 9.05. The molecular weight excluding hydrogens is 403 g/mol. The lowest BCUT2D eigenvalue weighted by Gasteiger charge is -2.42. The zero-order chi connectivity index (χ0) is 19.3. The molecule has 0 amide bonds. The number of ether oxygens (including phenoxy) is 3. The quantitative estimate of drug-likeness (QED) is 0.181. The number of halogens is 3. The summed E-state index contributed by atoms with van der Waals surface area (Å²) in [7, 11) is 0. The van der Waals surface area contributed by atoms with Crippen LogP contribution in [0.15, 0.2) is 35.4 Å². The number of azide groups is 1. The second-order valence-corrected chi connectivity index (χ2v) is 8.25. The predicted molar refractivity (Wildman–Crippen MR) is 101 cm³/mol. The Morgan fingerprint density at radius 3 is 2.54 bits per heavy atom. The molecule has 1 aromatic rings. The van der Waals surface area contributed by atoms with Crippen molar-refractivity contribution in [3.8, 4) is 0 Å². The van der Waals surface area contributed by atoms with Gasteiger partial charge in [-0.25, -0.2) is 0 Å². The Kier molecular flexibility index (Phi) is 7.41. The van der Waals surface area contributed by atoms with E-state index in [4.69, 9.17) is 60.0 Å². The third-order valence-electron chi connectivity index (χ3n) is 4.08. The highest BCUT2D eigenvalue weighted by Gasteiger charge is 2.45. The predicted octanol–water partition coefficient (Wildman–Crippen LogP) is 5.00. The molecule has 1 fully saturated rings. The Hall–Kier alpha value is -1.21. The summed E-state index contributed by atoms with van der Waals surface area (Å²) in [5.41, 5.74) is 9.85. The Bertz CT molecular complexity index is 664. The second-order valence-electron chi connectivity index (χ2n) is 5.97. The van der Waals surface area contributed by atoms with Crippen molar-refractivity contribution in [2.24, 2.45) is 11.0 Å². The minimum atomic E-state index is -1.99. The molecule has 0 spiro atoms. The van der Waals surface area contributed by atoms with Gasteiger partial charge in [-0.1, -0.05) is 77.2 Å². The number of nitrogens with zero attached hydrogens (tertiary/aromatic N) is 3. The molecule has 0 aromatic heterocycles. The summed E-state index contributed by atoms with van der Waals surface area (Å²) in [6.45, 7) is 3.87. The SMILES string of the molecule is CC1OC(OC(=N)C(Cl)(Cl)Cl)[C@H](C)[C@@H](OCc2ccccc2)[C@H]1N=[N+]=[N-]. The summed E-state index contributed by atoms with van der Waals surface area (Å²) in [4.78, 5) is 2.89. The van der Waals surface area contributed by atoms with Gasteiger partial charge in [0.2, 0.25) is 12.2 Å². The fourth-order valence-electron chi connectivity index (χ4n) is 2.70. The lowest BCUT2D eigenvalue weighted by molar-refractivity contribution is -0.227. The molecule has 1 N–H and O–H groups in total. The Balaban J connectivity index is 2.16. The van der Waals surface area contributed by atoms with Gasteiger partial charge in [-0.15, -0.1) is 0 Å². The van der Waals surface area contributed by atoms with Gasteiger partial charge in [-0.2, -0.15) is 0 Å². The van der Waals surface area contributed by atoms with E-state index >= 15 is 0 Å². The van der Waals surface area contributed by atoms with E-state index in [1.54, 1.807) is 13.8 Å². The summed E-state index contributed by atoms with van der Waals surface area (Å²) in [5.74, 6) is -0.922. The molecular formula is C16H19Cl3N4O3. The van der Waals surface area contributed by atoms with E-state index in [0.717, 1.165) is 5.56 Å². The second kappa shape index (κ2) is 9.13. The molecule has 10 heteroatoms. The fraction of sp³-hybridized carbons (Fsp3) is 0.562. The lowest BCUT2D eigenvalue weighted by atomic mass is 9.91. The van der Waals surface area contributed by atoms with Crippen molar-refractivity contribution >= 4 is 40.7 Å². The zero-order valence-corrected chi connectivity index (χ0v) is 16.4. The molecule has 1 saturated heterocycles. The minimum absolute atomic E-state index is 0.328. The average Bonchev–Trinajstić information content (AvgIpc) is 2.59. The van der Waals surface area contributed by atoms with Crippen LogP contribution in [0.2, 0.25) is 0 Å². The van der Waals surface area contributed by atoms with Crippen LogP contribution in [-0.4, -0.2) is 34.2 Å². The summed E-state index contributed by atoms with van der Waals surface area (Å²) < 4.78 is 15.2. The molecule has 0 saturated carbocycles. The van der Waals surface area contributed by atoms with Gasteiger partial charge < -0.3 is 14.2 Å². The molecule has 2 rings (SSSR count). The van der Waals surface area contributed by atoms with Crippen molar-refractivity contribution < 1.29 is 14.2 Å². The van der Waals surface area contributed by atoms with Crippen molar-refractivity contribution in [2.45, 2.75) is 48.8 Å². The lowest BCUT2D eigenvalue weighted by Crippen LogP contribution is -2.54. The van der Waals surface area contributed by atoms with Crippen LogP contribution in [0.1, 0.15) is 19.4 Å². The largest absolute Gasteiger partial charge is 0.448 e. The highest BCUT2D eigenvalue weighted by atomic mass is 35.6. The van der Waals surface area contributed by atoms with E-state index in [1.165, 1.54) is 0 Å². The molecule has 142 valence electrons. The molecule has 5 atom stereocenters. The van der Waals surface area contributed by atoms with Gasteiger partial charge >= 0.3 is 0 Å². The first-order valence-electron chi connectivity index (χ1n) is 7.91. The van der Waals surface area contributed by atoms with Crippen molar-refractivity contribution in [1.29, 1.82) is 5.41 Å². The number of hydrogen-bond acceptors (Lipinski definition) is 5. The van der Waals surface area contributed by atoms with Crippen molar-refractivity contribution in [1.82, 2.24) is 0 Å². The van der Waals surface area contributed by atoms with Gasteiger partial charge in [0.15, 0.2) is 0 Å². The van der Waals surface area contributed by atoms with Gasteiger partial charge in [0.25, 0.3) is 3.79 Å².